The van der Waals surface area contributed by atoms with Crippen molar-refractivity contribution in [2.75, 3.05) is 16.7 Å². The standard InChI is InChI=1S/C18H19ClN2O4S/c1-12(22)21(15-7-8-15)14-5-3-13(4-6-14)20-26(23,24)16-9-10-18(25-2)17(19)11-16/h3-6,9-11,15,20H,7-8H2,1-2H3. The Labute approximate surface area is 157 Å². The van der Waals surface area contributed by atoms with Crippen molar-refractivity contribution in [1.82, 2.24) is 0 Å². The van der Waals surface area contributed by atoms with Crippen molar-refractivity contribution < 1.29 is 17.9 Å². The third-order valence-electron chi connectivity index (χ3n) is 4.08. The molecular weight excluding hydrogens is 376 g/mol. The van der Waals surface area contributed by atoms with Gasteiger partial charge >= 0.3 is 0 Å². The van der Waals surface area contributed by atoms with Crippen LogP contribution in [0.2, 0.25) is 5.02 Å². The molecule has 0 aliphatic heterocycles. The average Bonchev–Trinajstić information content (AvgIpc) is 3.41. The first-order valence-corrected chi connectivity index (χ1v) is 9.94. The van der Waals surface area contributed by atoms with Gasteiger partial charge in [0.2, 0.25) is 5.91 Å². The van der Waals surface area contributed by atoms with E-state index in [1.54, 1.807) is 29.2 Å². The highest BCUT2D eigenvalue weighted by Gasteiger charge is 2.31. The monoisotopic (exact) mass is 394 g/mol. The van der Waals surface area contributed by atoms with Crippen LogP contribution in [0.3, 0.4) is 0 Å². The molecular formula is C18H19ClN2O4S. The highest BCUT2D eigenvalue weighted by atomic mass is 35.5. The van der Waals surface area contributed by atoms with Gasteiger partial charge in [-0.15, -0.1) is 0 Å². The minimum Gasteiger partial charge on any atom is -0.495 e. The Morgan fingerprint density at radius 1 is 1.19 bits per heavy atom. The molecule has 0 unspecified atom stereocenters. The fourth-order valence-corrected chi connectivity index (χ4v) is 4.11. The average molecular weight is 395 g/mol. The van der Waals surface area contributed by atoms with Crippen LogP contribution in [-0.4, -0.2) is 27.5 Å². The largest absolute Gasteiger partial charge is 0.495 e. The van der Waals surface area contributed by atoms with Gasteiger partial charge in [-0.25, -0.2) is 8.42 Å². The molecule has 1 aliphatic carbocycles. The third kappa shape index (κ3) is 3.94. The van der Waals surface area contributed by atoms with E-state index in [0.29, 0.717) is 11.4 Å². The molecule has 0 spiro atoms. The fourth-order valence-electron chi connectivity index (χ4n) is 2.70. The van der Waals surface area contributed by atoms with Crippen LogP contribution in [0, 0.1) is 0 Å². The molecule has 6 nitrogen and oxygen atoms in total. The van der Waals surface area contributed by atoms with Crippen molar-refractivity contribution in [1.29, 1.82) is 0 Å². The molecule has 1 fully saturated rings. The Hall–Kier alpha value is -2.25. The van der Waals surface area contributed by atoms with Crippen LogP contribution in [0.1, 0.15) is 19.8 Å². The van der Waals surface area contributed by atoms with E-state index in [1.807, 2.05) is 0 Å². The zero-order chi connectivity index (χ0) is 18.9. The molecule has 0 heterocycles. The van der Waals surface area contributed by atoms with Gasteiger partial charge in [-0.2, -0.15) is 0 Å². The molecule has 3 rings (SSSR count). The number of hydrogen-bond acceptors (Lipinski definition) is 4. The van der Waals surface area contributed by atoms with E-state index in [1.165, 1.54) is 32.2 Å². The quantitative estimate of drug-likeness (QED) is 0.811. The maximum atomic E-state index is 12.5. The Morgan fingerprint density at radius 3 is 2.35 bits per heavy atom. The first kappa shape index (κ1) is 18.5. The number of carbonyl (C=O) groups is 1. The predicted molar refractivity (Wildman–Crippen MR) is 101 cm³/mol. The van der Waals surface area contributed by atoms with Gasteiger partial charge in [0.05, 0.1) is 17.0 Å². The van der Waals surface area contributed by atoms with Crippen LogP contribution < -0.4 is 14.4 Å². The molecule has 1 N–H and O–H groups in total. The fraction of sp³-hybridized carbons (Fsp3) is 0.278. The number of sulfonamides is 1. The summed E-state index contributed by atoms with van der Waals surface area (Å²) in [5, 5.41) is 0.215. The van der Waals surface area contributed by atoms with E-state index in [4.69, 9.17) is 16.3 Å². The van der Waals surface area contributed by atoms with Crippen LogP contribution in [0.5, 0.6) is 5.75 Å². The number of carbonyl (C=O) groups excluding carboxylic acids is 1. The molecule has 1 amide bonds. The van der Waals surface area contributed by atoms with Gasteiger partial charge < -0.3 is 9.64 Å². The third-order valence-corrected chi connectivity index (χ3v) is 5.76. The predicted octanol–water partition coefficient (Wildman–Crippen LogP) is 3.66. The van der Waals surface area contributed by atoms with Crippen molar-refractivity contribution in [3.63, 3.8) is 0 Å². The lowest BCUT2D eigenvalue weighted by Gasteiger charge is -2.21. The zero-order valence-electron chi connectivity index (χ0n) is 14.4. The number of nitrogens with one attached hydrogen (secondary N) is 1. The Balaban J connectivity index is 1.79. The molecule has 1 aliphatic rings. The molecule has 0 bridgehead atoms. The van der Waals surface area contributed by atoms with E-state index >= 15 is 0 Å². The SMILES string of the molecule is COc1ccc(S(=O)(=O)Nc2ccc(N(C(C)=O)C3CC3)cc2)cc1Cl. The zero-order valence-corrected chi connectivity index (χ0v) is 16.0. The molecule has 26 heavy (non-hydrogen) atoms. The Kier molecular flexibility index (Phi) is 5.11. The second kappa shape index (κ2) is 7.17. The second-order valence-corrected chi connectivity index (χ2v) is 8.16. The molecule has 8 heteroatoms. The first-order chi connectivity index (χ1) is 12.3. The lowest BCUT2D eigenvalue weighted by molar-refractivity contribution is -0.116. The number of rotatable bonds is 6. The highest BCUT2D eigenvalue weighted by molar-refractivity contribution is 7.92. The van der Waals surface area contributed by atoms with Crippen LogP contribution in [0.4, 0.5) is 11.4 Å². The van der Waals surface area contributed by atoms with E-state index < -0.39 is 10.0 Å². The minimum atomic E-state index is -3.78. The van der Waals surface area contributed by atoms with Gasteiger partial charge in [0.15, 0.2) is 0 Å². The maximum Gasteiger partial charge on any atom is 0.261 e. The summed E-state index contributed by atoms with van der Waals surface area (Å²) in [5.74, 6) is 0.382. The van der Waals surface area contributed by atoms with Gasteiger partial charge in [0.25, 0.3) is 10.0 Å². The summed E-state index contributed by atoms with van der Waals surface area (Å²) in [5.41, 5.74) is 1.16. The lowest BCUT2D eigenvalue weighted by atomic mass is 10.2. The van der Waals surface area contributed by atoms with E-state index in [-0.39, 0.29) is 21.9 Å². The molecule has 0 saturated heterocycles. The molecule has 2 aromatic carbocycles. The number of halogens is 1. The molecule has 0 radical (unpaired) electrons. The van der Waals surface area contributed by atoms with E-state index in [2.05, 4.69) is 4.72 Å². The summed E-state index contributed by atoms with van der Waals surface area (Å²) in [6, 6.07) is 11.2. The summed E-state index contributed by atoms with van der Waals surface area (Å²) in [4.78, 5) is 13.6. The van der Waals surface area contributed by atoms with Gasteiger partial charge in [-0.1, -0.05) is 11.6 Å². The molecule has 1 saturated carbocycles. The van der Waals surface area contributed by atoms with Crippen molar-refractivity contribution >= 4 is 38.9 Å². The van der Waals surface area contributed by atoms with Gasteiger partial charge in [-0.05, 0) is 55.3 Å². The highest BCUT2D eigenvalue weighted by Crippen LogP contribution is 2.33. The van der Waals surface area contributed by atoms with Crippen molar-refractivity contribution in [2.45, 2.75) is 30.7 Å². The number of nitrogens with zero attached hydrogens (tertiary/aromatic N) is 1. The van der Waals surface area contributed by atoms with Crippen LogP contribution in [0.25, 0.3) is 0 Å². The first-order valence-electron chi connectivity index (χ1n) is 8.08. The van der Waals surface area contributed by atoms with Crippen LogP contribution in [-0.2, 0) is 14.8 Å². The Morgan fingerprint density at radius 2 is 1.85 bits per heavy atom. The van der Waals surface area contributed by atoms with Gasteiger partial charge in [0.1, 0.15) is 5.75 Å². The second-order valence-electron chi connectivity index (χ2n) is 6.07. The van der Waals surface area contributed by atoms with Crippen LogP contribution in [0.15, 0.2) is 47.4 Å². The maximum absolute atomic E-state index is 12.5. The minimum absolute atomic E-state index is 0.0197. The van der Waals surface area contributed by atoms with Gasteiger partial charge in [0, 0.05) is 24.3 Å². The smallest absolute Gasteiger partial charge is 0.261 e. The van der Waals surface area contributed by atoms with E-state index in [0.717, 1.165) is 18.5 Å². The summed E-state index contributed by atoms with van der Waals surface area (Å²) >= 11 is 6.00. The molecule has 138 valence electrons. The number of benzene rings is 2. The molecule has 0 aromatic heterocycles. The van der Waals surface area contributed by atoms with Crippen LogP contribution >= 0.6 is 11.6 Å². The summed E-state index contributed by atoms with van der Waals surface area (Å²) in [6.45, 7) is 1.53. The van der Waals surface area contributed by atoms with Crippen molar-refractivity contribution in [2.24, 2.45) is 0 Å². The summed E-state index contributed by atoms with van der Waals surface area (Å²) < 4.78 is 32.6. The number of amides is 1. The normalized spacial score (nSPS) is 14.0. The number of methoxy groups -OCH3 is 1. The van der Waals surface area contributed by atoms with E-state index in [9.17, 15) is 13.2 Å². The van der Waals surface area contributed by atoms with Gasteiger partial charge in [-0.3, -0.25) is 9.52 Å². The Bertz CT molecular complexity index is 925. The molecule has 2 aromatic rings. The summed E-state index contributed by atoms with van der Waals surface area (Å²) in [6.07, 6.45) is 1.98. The molecule has 0 atom stereocenters. The summed E-state index contributed by atoms with van der Waals surface area (Å²) in [7, 11) is -2.33. The van der Waals surface area contributed by atoms with Crippen molar-refractivity contribution in [3.8, 4) is 5.75 Å². The topological polar surface area (TPSA) is 75.7 Å². The number of ether oxygens (including phenoxy) is 1. The number of hydrogen-bond donors (Lipinski definition) is 1. The number of anilines is 2. The van der Waals surface area contributed by atoms with Crippen molar-refractivity contribution in [3.05, 3.63) is 47.5 Å². The lowest BCUT2D eigenvalue weighted by Crippen LogP contribution is -2.30.